The van der Waals surface area contributed by atoms with E-state index >= 15 is 0 Å². The van der Waals surface area contributed by atoms with Crippen LogP contribution in [0.15, 0.2) is 47.2 Å². The quantitative estimate of drug-likeness (QED) is 0.557. The van der Waals surface area contributed by atoms with Crippen LogP contribution < -0.4 is 14.8 Å². The number of rotatable bonds is 9. The van der Waals surface area contributed by atoms with E-state index in [-0.39, 0.29) is 11.8 Å². The second kappa shape index (κ2) is 9.57. The molecule has 1 fully saturated rings. The number of pyridine rings is 1. The Balaban J connectivity index is 1.19. The molecule has 1 aliphatic heterocycles. The van der Waals surface area contributed by atoms with E-state index in [0.717, 1.165) is 24.2 Å². The van der Waals surface area contributed by atoms with Gasteiger partial charge in [0.1, 0.15) is 0 Å². The molecule has 31 heavy (non-hydrogen) atoms. The van der Waals surface area contributed by atoms with Crippen molar-refractivity contribution in [3.8, 4) is 22.9 Å². The van der Waals surface area contributed by atoms with E-state index < -0.39 is 0 Å². The van der Waals surface area contributed by atoms with Crippen LogP contribution >= 0.6 is 0 Å². The van der Waals surface area contributed by atoms with Crippen LogP contribution in [0.25, 0.3) is 11.4 Å². The summed E-state index contributed by atoms with van der Waals surface area (Å²) in [4.78, 5) is 22.8. The fourth-order valence-electron chi connectivity index (χ4n) is 3.51. The number of amides is 1. The maximum absolute atomic E-state index is 12.2. The Morgan fingerprint density at radius 3 is 2.81 bits per heavy atom. The summed E-state index contributed by atoms with van der Waals surface area (Å²) in [7, 11) is 3.22. The largest absolute Gasteiger partial charge is 0.493 e. The molecule has 0 bridgehead atoms. The average Bonchev–Trinajstić information content (AvgIpc) is 3.26. The molecule has 4 rings (SSSR count). The van der Waals surface area contributed by atoms with Gasteiger partial charge in [0.2, 0.25) is 17.6 Å². The summed E-state index contributed by atoms with van der Waals surface area (Å²) < 4.78 is 15.9. The third-order valence-corrected chi connectivity index (χ3v) is 5.22. The monoisotopic (exact) mass is 423 g/mol. The Morgan fingerprint density at radius 1 is 1.23 bits per heavy atom. The van der Waals surface area contributed by atoms with Crippen LogP contribution in [0.2, 0.25) is 0 Å². The minimum atomic E-state index is 0.000467. The first kappa shape index (κ1) is 20.8. The first-order valence-corrected chi connectivity index (χ1v) is 10.1. The Labute approximate surface area is 180 Å². The molecule has 0 atom stereocenters. The lowest BCUT2D eigenvalue weighted by Gasteiger charge is -2.36. The van der Waals surface area contributed by atoms with Crippen LogP contribution in [0.4, 0.5) is 0 Å². The van der Waals surface area contributed by atoms with E-state index in [0.29, 0.717) is 42.7 Å². The summed E-state index contributed by atoms with van der Waals surface area (Å²) in [5.74, 6) is 2.67. The number of ether oxygens (including phenoxy) is 2. The van der Waals surface area contributed by atoms with Crippen molar-refractivity contribution >= 4 is 5.91 Å². The summed E-state index contributed by atoms with van der Waals surface area (Å²) in [6, 6.07) is 9.49. The predicted octanol–water partition coefficient (Wildman–Crippen LogP) is 1.91. The van der Waals surface area contributed by atoms with Gasteiger partial charge in [0.05, 0.1) is 26.7 Å². The van der Waals surface area contributed by atoms with Crippen LogP contribution in [-0.2, 0) is 11.2 Å². The third kappa shape index (κ3) is 5.00. The molecule has 1 saturated heterocycles. The summed E-state index contributed by atoms with van der Waals surface area (Å²) in [6.07, 6.45) is 4.12. The molecule has 162 valence electrons. The van der Waals surface area contributed by atoms with Crippen molar-refractivity contribution in [3.63, 3.8) is 0 Å². The molecule has 0 spiro atoms. The van der Waals surface area contributed by atoms with Crippen molar-refractivity contribution in [2.75, 3.05) is 40.4 Å². The van der Waals surface area contributed by atoms with Gasteiger partial charge < -0.3 is 19.3 Å². The number of carbonyl (C=O) groups is 1. The van der Waals surface area contributed by atoms with Crippen molar-refractivity contribution in [3.05, 3.63) is 54.2 Å². The first-order chi connectivity index (χ1) is 15.2. The van der Waals surface area contributed by atoms with Gasteiger partial charge in [0, 0.05) is 37.6 Å². The van der Waals surface area contributed by atoms with Gasteiger partial charge in [-0.25, -0.2) is 0 Å². The highest BCUT2D eigenvalue weighted by molar-refractivity contribution is 5.78. The second-order valence-electron chi connectivity index (χ2n) is 7.38. The molecule has 1 N–H and O–H groups in total. The standard InChI is InChI=1S/C22H25N5O4/c1-29-18-6-5-15(10-19(18)30-2)7-9-24-20(28)14-27-12-17(13-27)22-25-21(26-31-22)16-4-3-8-23-11-16/h3-6,8,10-11,17H,7,9,12-14H2,1-2H3,(H,24,28). The molecule has 9 nitrogen and oxygen atoms in total. The highest BCUT2D eigenvalue weighted by Crippen LogP contribution is 2.28. The van der Waals surface area contributed by atoms with Crippen LogP contribution in [-0.4, -0.2) is 66.3 Å². The smallest absolute Gasteiger partial charge is 0.234 e. The molecule has 0 unspecified atom stereocenters. The number of nitrogens with zero attached hydrogens (tertiary/aromatic N) is 4. The van der Waals surface area contributed by atoms with Crippen molar-refractivity contribution in [2.24, 2.45) is 0 Å². The minimum absolute atomic E-state index is 0.000467. The van der Waals surface area contributed by atoms with E-state index in [1.807, 2.05) is 30.3 Å². The fraction of sp³-hybridized carbons (Fsp3) is 0.364. The lowest BCUT2D eigenvalue weighted by Crippen LogP contribution is -2.49. The fourth-order valence-corrected chi connectivity index (χ4v) is 3.51. The van der Waals surface area contributed by atoms with Gasteiger partial charge in [-0.1, -0.05) is 11.2 Å². The van der Waals surface area contributed by atoms with E-state index in [9.17, 15) is 4.79 Å². The van der Waals surface area contributed by atoms with Gasteiger partial charge in [0.15, 0.2) is 11.5 Å². The number of aromatic nitrogens is 3. The Hall–Kier alpha value is -3.46. The minimum Gasteiger partial charge on any atom is -0.493 e. The molecule has 1 aromatic carbocycles. The van der Waals surface area contributed by atoms with E-state index in [1.165, 1.54) is 0 Å². The van der Waals surface area contributed by atoms with Crippen molar-refractivity contribution in [1.29, 1.82) is 0 Å². The normalized spacial score (nSPS) is 14.1. The second-order valence-corrected chi connectivity index (χ2v) is 7.38. The molecular formula is C22H25N5O4. The molecule has 1 amide bonds. The number of benzene rings is 1. The van der Waals surface area contributed by atoms with Crippen LogP contribution in [0.5, 0.6) is 11.5 Å². The van der Waals surface area contributed by atoms with Gasteiger partial charge in [-0.3, -0.25) is 14.7 Å². The average molecular weight is 423 g/mol. The number of carbonyl (C=O) groups excluding carboxylic acids is 1. The van der Waals surface area contributed by atoms with Crippen molar-refractivity contribution < 1.29 is 18.8 Å². The zero-order chi connectivity index (χ0) is 21.6. The van der Waals surface area contributed by atoms with E-state index in [4.69, 9.17) is 14.0 Å². The molecule has 9 heteroatoms. The lowest BCUT2D eigenvalue weighted by atomic mass is 10.0. The number of hydrogen-bond acceptors (Lipinski definition) is 8. The van der Waals surface area contributed by atoms with Crippen molar-refractivity contribution in [1.82, 2.24) is 25.3 Å². The van der Waals surface area contributed by atoms with Crippen molar-refractivity contribution in [2.45, 2.75) is 12.3 Å². The maximum Gasteiger partial charge on any atom is 0.234 e. The van der Waals surface area contributed by atoms with Gasteiger partial charge in [0.25, 0.3) is 0 Å². The molecule has 1 aliphatic rings. The highest BCUT2D eigenvalue weighted by Gasteiger charge is 2.33. The maximum atomic E-state index is 12.2. The van der Waals surface area contributed by atoms with Crippen LogP contribution in [0.3, 0.4) is 0 Å². The molecule has 0 saturated carbocycles. The molecule has 0 radical (unpaired) electrons. The van der Waals surface area contributed by atoms with E-state index in [2.05, 4.69) is 25.3 Å². The summed E-state index contributed by atoms with van der Waals surface area (Å²) >= 11 is 0. The lowest BCUT2D eigenvalue weighted by molar-refractivity contribution is -0.123. The van der Waals surface area contributed by atoms with Crippen LogP contribution in [0.1, 0.15) is 17.4 Å². The van der Waals surface area contributed by atoms with Gasteiger partial charge >= 0.3 is 0 Å². The zero-order valence-corrected chi connectivity index (χ0v) is 17.6. The first-order valence-electron chi connectivity index (χ1n) is 10.1. The number of nitrogens with one attached hydrogen (secondary N) is 1. The Bertz CT molecular complexity index is 1020. The molecule has 0 aliphatic carbocycles. The summed E-state index contributed by atoms with van der Waals surface area (Å²) in [5, 5.41) is 6.99. The van der Waals surface area contributed by atoms with Gasteiger partial charge in [-0.15, -0.1) is 0 Å². The predicted molar refractivity (Wildman–Crippen MR) is 113 cm³/mol. The molecular weight excluding hydrogens is 398 g/mol. The van der Waals surface area contributed by atoms with E-state index in [1.54, 1.807) is 26.6 Å². The van der Waals surface area contributed by atoms with Crippen LogP contribution in [0, 0.1) is 0 Å². The number of hydrogen-bond donors (Lipinski definition) is 1. The summed E-state index contributed by atoms with van der Waals surface area (Å²) in [5.41, 5.74) is 1.89. The highest BCUT2D eigenvalue weighted by atomic mass is 16.5. The summed E-state index contributed by atoms with van der Waals surface area (Å²) in [6.45, 7) is 2.35. The third-order valence-electron chi connectivity index (χ3n) is 5.22. The molecule has 2 aromatic heterocycles. The zero-order valence-electron chi connectivity index (χ0n) is 17.6. The topological polar surface area (TPSA) is 103 Å². The number of methoxy groups -OCH3 is 2. The SMILES string of the molecule is COc1ccc(CCNC(=O)CN2CC(c3nc(-c4cccnc4)no3)C2)cc1OC. The number of likely N-dealkylation sites (tertiary alicyclic amines) is 1. The van der Waals surface area contributed by atoms with Gasteiger partial charge in [-0.2, -0.15) is 4.98 Å². The molecule has 3 aromatic rings. The Kier molecular flexibility index (Phi) is 6.42. The molecule has 3 heterocycles. The Morgan fingerprint density at radius 2 is 2.06 bits per heavy atom. The van der Waals surface area contributed by atoms with Gasteiger partial charge in [-0.05, 0) is 36.2 Å².